The summed E-state index contributed by atoms with van der Waals surface area (Å²) in [5.74, 6) is 0. The van der Waals surface area contributed by atoms with Crippen LogP contribution in [0.25, 0.3) is 0 Å². The average Bonchev–Trinajstić information content (AvgIpc) is 2.46. The lowest BCUT2D eigenvalue weighted by atomic mass is 10.1. The number of hydrogen-bond donors (Lipinski definition) is 0. The van der Waals surface area contributed by atoms with Gasteiger partial charge in [0.15, 0.2) is 7.98 Å². The van der Waals surface area contributed by atoms with Crippen molar-refractivity contribution in [2.45, 2.75) is 45.1 Å². The standard InChI is InChI=1S/C10H18BN/c1-2-3-4-5-7-10-8-6-9-12(10)11/h4-5,10H,2-3,6-9H2,1H3/b5-4-. The fraction of sp³-hybridized carbons (Fsp3) is 0.800. The van der Waals surface area contributed by atoms with Gasteiger partial charge in [-0.1, -0.05) is 25.5 Å². The molecule has 0 saturated carbocycles. The first kappa shape index (κ1) is 9.85. The maximum Gasteiger partial charge on any atom is 0.182 e. The molecule has 1 aliphatic heterocycles. The van der Waals surface area contributed by atoms with Gasteiger partial charge in [-0.3, -0.25) is 0 Å². The quantitative estimate of drug-likeness (QED) is 0.454. The molecule has 0 bridgehead atoms. The van der Waals surface area contributed by atoms with Crippen LogP contribution in [0.1, 0.15) is 39.0 Å². The summed E-state index contributed by atoms with van der Waals surface area (Å²) >= 11 is 0. The Morgan fingerprint density at radius 2 is 2.33 bits per heavy atom. The van der Waals surface area contributed by atoms with Gasteiger partial charge in [0.1, 0.15) is 0 Å². The maximum absolute atomic E-state index is 5.79. The van der Waals surface area contributed by atoms with Gasteiger partial charge >= 0.3 is 0 Å². The second-order valence-electron chi connectivity index (χ2n) is 3.53. The average molecular weight is 163 g/mol. The summed E-state index contributed by atoms with van der Waals surface area (Å²) in [7, 11) is 5.79. The highest BCUT2D eigenvalue weighted by atomic mass is 15.1. The van der Waals surface area contributed by atoms with Crippen molar-refractivity contribution in [3.63, 3.8) is 0 Å². The third kappa shape index (κ3) is 3.02. The zero-order chi connectivity index (χ0) is 8.81. The van der Waals surface area contributed by atoms with E-state index in [-0.39, 0.29) is 0 Å². The highest BCUT2D eigenvalue weighted by molar-refractivity contribution is 6.04. The Labute approximate surface area is 77.3 Å². The van der Waals surface area contributed by atoms with Gasteiger partial charge in [-0.05, 0) is 32.2 Å². The predicted octanol–water partition coefficient (Wildman–Crippen LogP) is 2.28. The van der Waals surface area contributed by atoms with E-state index >= 15 is 0 Å². The summed E-state index contributed by atoms with van der Waals surface area (Å²) < 4.78 is 0. The van der Waals surface area contributed by atoms with Crippen LogP contribution in [0.4, 0.5) is 0 Å². The lowest BCUT2D eigenvalue weighted by Gasteiger charge is -2.17. The molecule has 0 aromatic rings. The van der Waals surface area contributed by atoms with Crippen molar-refractivity contribution in [1.82, 2.24) is 4.81 Å². The van der Waals surface area contributed by atoms with Crippen molar-refractivity contribution in [3.8, 4) is 0 Å². The molecular weight excluding hydrogens is 145 g/mol. The summed E-state index contributed by atoms with van der Waals surface area (Å²) in [4.78, 5) is 1.98. The first-order valence-electron chi connectivity index (χ1n) is 5.01. The molecule has 66 valence electrons. The van der Waals surface area contributed by atoms with Crippen LogP contribution >= 0.6 is 0 Å². The first-order chi connectivity index (χ1) is 5.84. The number of hydrogen-bond acceptors (Lipinski definition) is 1. The van der Waals surface area contributed by atoms with Gasteiger partial charge in [-0.2, -0.15) is 0 Å². The second-order valence-corrected chi connectivity index (χ2v) is 3.53. The van der Waals surface area contributed by atoms with Crippen molar-refractivity contribution >= 4 is 7.98 Å². The molecule has 12 heavy (non-hydrogen) atoms. The molecule has 1 heterocycles. The second kappa shape index (κ2) is 5.42. The van der Waals surface area contributed by atoms with Crippen molar-refractivity contribution < 1.29 is 0 Å². The van der Waals surface area contributed by atoms with E-state index in [0.717, 1.165) is 13.0 Å². The van der Waals surface area contributed by atoms with Gasteiger partial charge in [0.05, 0.1) is 0 Å². The van der Waals surface area contributed by atoms with Crippen LogP contribution in [0.2, 0.25) is 0 Å². The molecular formula is C10H18BN. The first-order valence-corrected chi connectivity index (χ1v) is 5.01. The van der Waals surface area contributed by atoms with Crippen LogP contribution in [0.15, 0.2) is 12.2 Å². The normalized spacial score (nSPS) is 25.6. The molecule has 0 aromatic heterocycles. The van der Waals surface area contributed by atoms with Gasteiger partial charge in [-0.15, -0.1) is 0 Å². The van der Waals surface area contributed by atoms with Gasteiger partial charge in [0.25, 0.3) is 0 Å². The fourth-order valence-electron chi connectivity index (χ4n) is 1.65. The lowest BCUT2D eigenvalue weighted by Crippen LogP contribution is -2.25. The molecule has 0 N–H and O–H groups in total. The third-order valence-electron chi connectivity index (χ3n) is 2.45. The van der Waals surface area contributed by atoms with Crippen LogP contribution in [-0.2, 0) is 0 Å². The molecule has 1 nitrogen and oxygen atoms in total. The summed E-state index contributed by atoms with van der Waals surface area (Å²) in [6.07, 6.45) is 10.7. The van der Waals surface area contributed by atoms with E-state index < -0.39 is 0 Å². The topological polar surface area (TPSA) is 3.24 Å². The smallest absolute Gasteiger partial charge is 0.182 e. The molecule has 0 aromatic carbocycles. The molecule has 2 heteroatoms. The van der Waals surface area contributed by atoms with E-state index in [4.69, 9.17) is 7.98 Å². The van der Waals surface area contributed by atoms with Crippen LogP contribution in [0.5, 0.6) is 0 Å². The van der Waals surface area contributed by atoms with Crippen LogP contribution < -0.4 is 0 Å². The van der Waals surface area contributed by atoms with Crippen LogP contribution in [-0.4, -0.2) is 25.4 Å². The number of nitrogens with zero attached hydrogens (tertiary/aromatic N) is 1. The third-order valence-corrected chi connectivity index (χ3v) is 2.45. The Kier molecular flexibility index (Phi) is 4.45. The molecule has 1 fully saturated rings. The van der Waals surface area contributed by atoms with E-state index in [0.29, 0.717) is 6.04 Å². The zero-order valence-electron chi connectivity index (χ0n) is 8.00. The molecule has 2 radical (unpaired) electrons. The van der Waals surface area contributed by atoms with Gasteiger partial charge < -0.3 is 4.81 Å². The van der Waals surface area contributed by atoms with E-state index in [1.807, 2.05) is 4.81 Å². The SMILES string of the molecule is [B]N1CCCC1C/C=C\CCC. The van der Waals surface area contributed by atoms with Crippen molar-refractivity contribution in [1.29, 1.82) is 0 Å². The molecule has 1 atom stereocenters. The van der Waals surface area contributed by atoms with Crippen LogP contribution in [0.3, 0.4) is 0 Å². The minimum Gasteiger partial charge on any atom is -0.351 e. The minimum absolute atomic E-state index is 0.609. The van der Waals surface area contributed by atoms with E-state index in [1.54, 1.807) is 0 Å². The van der Waals surface area contributed by atoms with E-state index in [1.165, 1.54) is 25.7 Å². The number of rotatable bonds is 4. The van der Waals surface area contributed by atoms with Gasteiger partial charge in [0, 0.05) is 6.04 Å². The summed E-state index contributed by atoms with van der Waals surface area (Å²) in [6.45, 7) is 3.28. The van der Waals surface area contributed by atoms with Crippen molar-refractivity contribution in [2.75, 3.05) is 6.54 Å². The van der Waals surface area contributed by atoms with Gasteiger partial charge in [0.2, 0.25) is 0 Å². The summed E-state index contributed by atoms with van der Waals surface area (Å²) in [5.41, 5.74) is 0. The van der Waals surface area contributed by atoms with Gasteiger partial charge in [-0.25, -0.2) is 0 Å². The molecule has 1 saturated heterocycles. The monoisotopic (exact) mass is 163 g/mol. The molecule has 1 aliphatic rings. The largest absolute Gasteiger partial charge is 0.351 e. The van der Waals surface area contributed by atoms with Crippen LogP contribution in [0, 0.1) is 0 Å². The summed E-state index contributed by atoms with van der Waals surface area (Å²) in [6, 6.07) is 0.609. The maximum atomic E-state index is 5.79. The molecule has 1 unspecified atom stereocenters. The Morgan fingerprint density at radius 1 is 1.50 bits per heavy atom. The lowest BCUT2D eigenvalue weighted by molar-refractivity contribution is 0.423. The Hall–Kier alpha value is -0.235. The summed E-state index contributed by atoms with van der Waals surface area (Å²) in [5, 5.41) is 0. The molecule has 0 spiro atoms. The Bertz CT molecular complexity index is 145. The predicted molar refractivity (Wildman–Crippen MR) is 54.1 cm³/mol. The number of unbranched alkanes of at least 4 members (excludes halogenated alkanes) is 1. The minimum atomic E-state index is 0.609. The molecule has 0 aliphatic carbocycles. The molecule has 1 rings (SSSR count). The van der Waals surface area contributed by atoms with E-state index in [9.17, 15) is 0 Å². The molecule has 0 amide bonds. The fourth-order valence-corrected chi connectivity index (χ4v) is 1.65. The highest BCUT2D eigenvalue weighted by Crippen LogP contribution is 2.17. The highest BCUT2D eigenvalue weighted by Gasteiger charge is 2.17. The van der Waals surface area contributed by atoms with Crippen molar-refractivity contribution in [3.05, 3.63) is 12.2 Å². The number of allylic oxidation sites excluding steroid dienone is 1. The van der Waals surface area contributed by atoms with E-state index in [2.05, 4.69) is 19.1 Å². The van der Waals surface area contributed by atoms with Crippen molar-refractivity contribution in [2.24, 2.45) is 0 Å². The zero-order valence-corrected chi connectivity index (χ0v) is 8.00. The Morgan fingerprint density at radius 3 is 2.92 bits per heavy atom. The Balaban J connectivity index is 2.13.